The fraction of sp³-hybridized carbons (Fsp3) is 0.286. The molecule has 0 spiro atoms. The van der Waals surface area contributed by atoms with Gasteiger partial charge in [-0.15, -0.1) is 16.4 Å². The van der Waals surface area contributed by atoms with Crippen LogP contribution >= 0.6 is 27.3 Å². The maximum atomic E-state index is 12.0. The van der Waals surface area contributed by atoms with Crippen molar-refractivity contribution in [2.45, 2.75) is 11.6 Å². The number of sulfonamides is 1. The standard InChI is InChI=1S/C7H8BrN5O2S2/c1-13-7(6(8)11-12-13)17(14,15)10-2-5-3-16-4-9-5/h3-4,10H,2H2,1H3. The van der Waals surface area contributed by atoms with E-state index in [0.29, 0.717) is 5.69 Å². The van der Waals surface area contributed by atoms with Crippen molar-refractivity contribution >= 4 is 37.3 Å². The molecule has 17 heavy (non-hydrogen) atoms. The molecule has 0 radical (unpaired) electrons. The average molecular weight is 338 g/mol. The quantitative estimate of drug-likeness (QED) is 0.877. The summed E-state index contributed by atoms with van der Waals surface area (Å²) >= 11 is 4.45. The average Bonchev–Trinajstić information content (AvgIpc) is 2.86. The second kappa shape index (κ2) is 4.80. The number of aryl methyl sites for hydroxylation is 1. The minimum absolute atomic E-state index is 0.00673. The lowest BCUT2D eigenvalue weighted by Crippen LogP contribution is -2.25. The van der Waals surface area contributed by atoms with Gasteiger partial charge in [0.05, 0.1) is 17.7 Å². The van der Waals surface area contributed by atoms with E-state index in [0.717, 1.165) is 0 Å². The van der Waals surface area contributed by atoms with Crippen molar-refractivity contribution in [2.24, 2.45) is 7.05 Å². The summed E-state index contributed by atoms with van der Waals surface area (Å²) in [6.45, 7) is 0.142. The SMILES string of the molecule is Cn1nnc(Br)c1S(=O)(=O)NCc1cscn1. The molecule has 0 atom stereocenters. The van der Waals surface area contributed by atoms with Crippen molar-refractivity contribution < 1.29 is 8.42 Å². The highest BCUT2D eigenvalue weighted by Crippen LogP contribution is 2.17. The van der Waals surface area contributed by atoms with Crippen LogP contribution in [0.5, 0.6) is 0 Å². The first-order chi connectivity index (χ1) is 8.00. The summed E-state index contributed by atoms with van der Waals surface area (Å²) in [5.41, 5.74) is 2.32. The Morgan fingerprint density at radius 3 is 2.88 bits per heavy atom. The maximum absolute atomic E-state index is 12.0. The summed E-state index contributed by atoms with van der Waals surface area (Å²) in [6, 6.07) is 0. The normalized spacial score (nSPS) is 11.9. The third-order valence-electron chi connectivity index (χ3n) is 1.92. The molecule has 1 N–H and O–H groups in total. The molecular formula is C7H8BrN5O2S2. The minimum Gasteiger partial charge on any atom is -0.248 e. The lowest BCUT2D eigenvalue weighted by atomic mass is 10.5. The Balaban J connectivity index is 2.20. The maximum Gasteiger partial charge on any atom is 0.260 e. The fourth-order valence-corrected chi connectivity index (χ4v) is 3.82. The summed E-state index contributed by atoms with van der Waals surface area (Å²) in [5, 5.41) is 9.01. The van der Waals surface area contributed by atoms with E-state index in [1.807, 2.05) is 0 Å². The molecule has 0 aromatic carbocycles. The molecule has 0 unspecified atom stereocenters. The molecule has 2 rings (SSSR count). The third kappa shape index (κ3) is 2.70. The van der Waals surface area contributed by atoms with Gasteiger partial charge in [-0.05, 0) is 15.9 Å². The number of rotatable bonds is 4. The monoisotopic (exact) mass is 337 g/mol. The molecule has 0 saturated heterocycles. The Kier molecular flexibility index (Phi) is 3.56. The Morgan fingerprint density at radius 2 is 2.35 bits per heavy atom. The molecule has 2 heterocycles. The first-order valence-electron chi connectivity index (χ1n) is 4.42. The molecule has 2 aromatic rings. The summed E-state index contributed by atoms with van der Waals surface area (Å²) in [6.07, 6.45) is 0. The van der Waals surface area contributed by atoms with Crippen LogP contribution in [0.4, 0.5) is 0 Å². The fourth-order valence-electron chi connectivity index (χ4n) is 1.17. The topological polar surface area (TPSA) is 89.8 Å². The van der Waals surface area contributed by atoms with Gasteiger partial charge in [-0.1, -0.05) is 5.21 Å². The summed E-state index contributed by atoms with van der Waals surface area (Å²) in [7, 11) is -2.14. The van der Waals surface area contributed by atoms with E-state index in [4.69, 9.17) is 0 Å². The van der Waals surface area contributed by atoms with Crippen LogP contribution in [0.15, 0.2) is 20.5 Å². The highest BCUT2D eigenvalue weighted by Gasteiger charge is 2.23. The molecule has 0 aliphatic heterocycles. The van der Waals surface area contributed by atoms with Crippen LogP contribution in [0.2, 0.25) is 0 Å². The molecule has 7 nitrogen and oxygen atoms in total. The summed E-state index contributed by atoms with van der Waals surface area (Å²) < 4.78 is 27.7. The number of halogens is 1. The number of aromatic nitrogens is 4. The van der Waals surface area contributed by atoms with Crippen molar-refractivity contribution in [3.63, 3.8) is 0 Å². The van der Waals surface area contributed by atoms with Crippen LogP contribution in [0.25, 0.3) is 0 Å². The molecular weight excluding hydrogens is 330 g/mol. The summed E-state index contributed by atoms with van der Waals surface area (Å²) in [5.74, 6) is 0. The molecule has 0 aliphatic carbocycles. The van der Waals surface area contributed by atoms with Crippen LogP contribution in [-0.4, -0.2) is 28.4 Å². The predicted molar refractivity (Wildman–Crippen MR) is 64.8 cm³/mol. The largest absolute Gasteiger partial charge is 0.260 e. The Bertz CT molecular complexity index is 587. The van der Waals surface area contributed by atoms with Crippen molar-refractivity contribution in [3.8, 4) is 0 Å². The molecule has 0 fully saturated rings. The van der Waals surface area contributed by atoms with Gasteiger partial charge in [0, 0.05) is 12.4 Å². The number of thiazole rings is 1. The van der Waals surface area contributed by atoms with Crippen LogP contribution in [-0.2, 0) is 23.6 Å². The van der Waals surface area contributed by atoms with E-state index in [-0.39, 0.29) is 16.2 Å². The van der Waals surface area contributed by atoms with E-state index in [1.165, 1.54) is 23.1 Å². The van der Waals surface area contributed by atoms with Gasteiger partial charge in [-0.2, -0.15) is 0 Å². The zero-order chi connectivity index (χ0) is 12.5. The first-order valence-corrected chi connectivity index (χ1v) is 7.64. The molecule has 0 bridgehead atoms. The van der Waals surface area contributed by atoms with Crippen LogP contribution in [0.3, 0.4) is 0 Å². The molecule has 0 aliphatic rings. The minimum atomic E-state index is -3.65. The van der Waals surface area contributed by atoms with Crippen molar-refractivity contribution in [1.29, 1.82) is 0 Å². The van der Waals surface area contributed by atoms with Gasteiger partial charge >= 0.3 is 0 Å². The van der Waals surface area contributed by atoms with E-state index < -0.39 is 10.0 Å². The smallest absolute Gasteiger partial charge is 0.248 e. The second-order valence-corrected chi connectivity index (χ2v) is 6.27. The van der Waals surface area contributed by atoms with E-state index in [9.17, 15) is 8.42 Å². The molecule has 2 aromatic heterocycles. The third-order valence-corrected chi connectivity index (χ3v) is 4.84. The van der Waals surface area contributed by atoms with Gasteiger partial charge in [0.25, 0.3) is 10.0 Å². The van der Waals surface area contributed by atoms with Crippen LogP contribution in [0, 0.1) is 0 Å². The highest BCUT2D eigenvalue weighted by molar-refractivity contribution is 9.10. The molecule has 0 amide bonds. The van der Waals surface area contributed by atoms with Gasteiger partial charge in [0.2, 0.25) is 5.03 Å². The van der Waals surface area contributed by atoms with Gasteiger partial charge in [0.15, 0.2) is 4.60 Å². The van der Waals surface area contributed by atoms with Gasteiger partial charge in [0.1, 0.15) is 0 Å². The van der Waals surface area contributed by atoms with E-state index in [1.54, 1.807) is 10.9 Å². The zero-order valence-electron chi connectivity index (χ0n) is 8.66. The van der Waals surface area contributed by atoms with Crippen LogP contribution in [0.1, 0.15) is 5.69 Å². The van der Waals surface area contributed by atoms with Crippen LogP contribution < -0.4 is 4.72 Å². The van der Waals surface area contributed by atoms with E-state index in [2.05, 4.69) is 35.9 Å². The number of nitrogens with zero attached hydrogens (tertiary/aromatic N) is 4. The Labute approximate surface area is 110 Å². The zero-order valence-corrected chi connectivity index (χ0v) is 11.9. The number of hydrogen-bond acceptors (Lipinski definition) is 6. The Morgan fingerprint density at radius 1 is 1.59 bits per heavy atom. The predicted octanol–water partition coefficient (Wildman–Crippen LogP) is 0.513. The molecule has 92 valence electrons. The van der Waals surface area contributed by atoms with Gasteiger partial charge < -0.3 is 0 Å². The van der Waals surface area contributed by atoms with Gasteiger partial charge in [-0.3, -0.25) is 0 Å². The lowest BCUT2D eigenvalue weighted by Gasteiger charge is -2.04. The highest BCUT2D eigenvalue weighted by atomic mass is 79.9. The van der Waals surface area contributed by atoms with Gasteiger partial charge in [-0.25, -0.2) is 22.8 Å². The summed E-state index contributed by atoms with van der Waals surface area (Å²) in [4.78, 5) is 3.99. The second-order valence-electron chi connectivity index (χ2n) is 3.11. The Hall–Kier alpha value is -0.840. The molecule has 10 heteroatoms. The van der Waals surface area contributed by atoms with Crippen molar-refractivity contribution in [3.05, 3.63) is 21.2 Å². The molecule has 0 saturated carbocycles. The lowest BCUT2D eigenvalue weighted by molar-refractivity contribution is 0.559. The van der Waals surface area contributed by atoms with E-state index >= 15 is 0 Å². The van der Waals surface area contributed by atoms with Crippen molar-refractivity contribution in [1.82, 2.24) is 24.7 Å². The number of hydrogen-bond donors (Lipinski definition) is 1. The first kappa shape index (κ1) is 12.6. The van der Waals surface area contributed by atoms with Crippen molar-refractivity contribution in [2.75, 3.05) is 0 Å². The number of nitrogens with one attached hydrogen (secondary N) is 1.